The summed E-state index contributed by atoms with van der Waals surface area (Å²) in [6.07, 6.45) is 0.999. The molecular weight excluding hydrogens is 297 g/mol. The second kappa shape index (κ2) is 8.27. The van der Waals surface area contributed by atoms with Gasteiger partial charge in [-0.2, -0.15) is 0 Å². The van der Waals surface area contributed by atoms with E-state index in [-0.39, 0.29) is 30.7 Å². The summed E-state index contributed by atoms with van der Waals surface area (Å²) >= 11 is 1.54. The van der Waals surface area contributed by atoms with Crippen LogP contribution >= 0.6 is 11.3 Å². The van der Waals surface area contributed by atoms with E-state index in [1.54, 1.807) is 0 Å². The number of nitrogens with one attached hydrogen (secondary N) is 1. The van der Waals surface area contributed by atoms with Gasteiger partial charge in [0.2, 0.25) is 0 Å². The predicted molar refractivity (Wildman–Crippen MR) is 70.9 cm³/mol. The van der Waals surface area contributed by atoms with E-state index in [9.17, 15) is 13.0 Å². The molecule has 0 amide bonds. The minimum Gasteiger partial charge on any atom is -0.748 e. The number of thiophene rings is 1. The van der Waals surface area contributed by atoms with Crippen molar-refractivity contribution in [3.8, 4) is 11.5 Å². The van der Waals surface area contributed by atoms with Gasteiger partial charge in [0.1, 0.15) is 12.7 Å². The van der Waals surface area contributed by atoms with Crippen molar-refractivity contribution in [2.24, 2.45) is 0 Å². The maximum atomic E-state index is 10.4. The van der Waals surface area contributed by atoms with Crippen molar-refractivity contribution >= 4 is 21.5 Å². The molecule has 0 aliphatic carbocycles. The number of rotatable bonds is 7. The number of hydrogen-bond donors (Lipinski definition) is 1. The minimum atomic E-state index is -4.08. The van der Waals surface area contributed by atoms with Gasteiger partial charge in [0.05, 0.1) is 10.1 Å². The molecule has 0 bridgehead atoms. The number of fused-ring (bicyclic) bond motifs is 1. The first-order valence-electron chi connectivity index (χ1n) is 6.04. The Kier molecular flexibility index (Phi) is 7.37. The topological polar surface area (TPSA) is 87.7 Å². The predicted octanol–water partition coefficient (Wildman–Crippen LogP) is -2.19. The van der Waals surface area contributed by atoms with Crippen LogP contribution in [0.15, 0.2) is 10.8 Å². The minimum absolute atomic E-state index is 0. The van der Waals surface area contributed by atoms with Crippen molar-refractivity contribution in [2.75, 3.05) is 25.4 Å². The van der Waals surface area contributed by atoms with Crippen molar-refractivity contribution in [1.29, 1.82) is 0 Å². The largest absolute Gasteiger partial charge is 1.00 e. The summed E-state index contributed by atoms with van der Waals surface area (Å²) in [5.74, 6) is 1.28. The summed E-state index contributed by atoms with van der Waals surface area (Å²) < 4.78 is 42.4. The first kappa shape index (κ1) is 17.8. The molecule has 6 nitrogen and oxygen atoms in total. The summed E-state index contributed by atoms with van der Waals surface area (Å²) in [5.41, 5.74) is 0. The molecule has 20 heavy (non-hydrogen) atoms. The SMILES string of the molecule is O=S(=O)([O-])CCCCNCC1COc2cscc2O1.[Li+]. The molecule has 1 N–H and O–H groups in total. The van der Waals surface area contributed by atoms with Gasteiger partial charge in [-0.3, -0.25) is 0 Å². The number of ether oxygens (including phenoxy) is 2. The Bertz CT molecular complexity index is 505. The first-order chi connectivity index (χ1) is 9.04. The van der Waals surface area contributed by atoms with Crippen LogP contribution in [0.1, 0.15) is 12.8 Å². The van der Waals surface area contributed by atoms with Crippen LogP contribution < -0.4 is 33.7 Å². The third kappa shape index (κ3) is 6.04. The Morgan fingerprint density at radius 2 is 2.10 bits per heavy atom. The van der Waals surface area contributed by atoms with Gasteiger partial charge in [-0.1, -0.05) is 0 Å². The summed E-state index contributed by atoms with van der Waals surface area (Å²) in [4.78, 5) is 0. The van der Waals surface area contributed by atoms with Crippen LogP contribution in [0.5, 0.6) is 11.5 Å². The normalized spacial score (nSPS) is 17.6. The van der Waals surface area contributed by atoms with Gasteiger partial charge in [0, 0.05) is 23.1 Å². The molecule has 0 saturated carbocycles. The molecule has 0 radical (unpaired) electrons. The maximum Gasteiger partial charge on any atom is 1.00 e. The molecule has 1 aliphatic heterocycles. The zero-order valence-electron chi connectivity index (χ0n) is 11.3. The van der Waals surface area contributed by atoms with Gasteiger partial charge in [-0.15, -0.1) is 11.3 Å². The molecular formula is C11H16LiNO5S2. The average Bonchev–Trinajstić information content (AvgIpc) is 2.79. The van der Waals surface area contributed by atoms with Gasteiger partial charge in [-0.25, -0.2) is 8.42 Å². The molecule has 0 aromatic carbocycles. The van der Waals surface area contributed by atoms with Crippen LogP contribution in [0.4, 0.5) is 0 Å². The fraction of sp³-hybridized carbons (Fsp3) is 0.636. The van der Waals surface area contributed by atoms with E-state index in [1.165, 1.54) is 11.3 Å². The standard InChI is InChI=1S/C11H17NO5S2.Li/c13-19(14,15)4-2-1-3-12-5-9-6-16-10-7-18-8-11(10)17-9;/h7-9,12H,1-6H2,(H,13,14,15);/q;+1/p-1. The summed E-state index contributed by atoms with van der Waals surface area (Å²) in [5, 5.41) is 6.97. The first-order valence-corrected chi connectivity index (χ1v) is 8.56. The van der Waals surface area contributed by atoms with E-state index in [4.69, 9.17) is 9.47 Å². The second-order valence-corrected chi connectivity index (χ2v) is 6.59. The van der Waals surface area contributed by atoms with Gasteiger partial charge in [0.25, 0.3) is 0 Å². The Morgan fingerprint density at radius 3 is 2.85 bits per heavy atom. The third-order valence-electron chi connectivity index (χ3n) is 2.68. The zero-order valence-corrected chi connectivity index (χ0v) is 13.0. The number of hydrogen-bond acceptors (Lipinski definition) is 7. The second-order valence-electron chi connectivity index (χ2n) is 4.32. The molecule has 1 aromatic heterocycles. The summed E-state index contributed by atoms with van der Waals surface area (Å²) in [6, 6.07) is 0. The van der Waals surface area contributed by atoms with E-state index in [0.717, 1.165) is 11.5 Å². The van der Waals surface area contributed by atoms with Crippen molar-refractivity contribution in [1.82, 2.24) is 5.32 Å². The fourth-order valence-corrected chi connectivity index (χ4v) is 2.98. The average molecular weight is 313 g/mol. The molecule has 1 aliphatic rings. The van der Waals surface area contributed by atoms with E-state index in [1.807, 2.05) is 10.8 Å². The molecule has 0 saturated heterocycles. The molecule has 108 valence electrons. The maximum absolute atomic E-state index is 10.4. The van der Waals surface area contributed by atoms with Crippen LogP contribution in [-0.2, 0) is 10.1 Å². The van der Waals surface area contributed by atoms with Crippen LogP contribution in [0.2, 0.25) is 0 Å². The van der Waals surface area contributed by atoms with Crippen molar-refractivity contribution in [2.45, 2.75) is 18.9 Å². The fourth-order valence-electron chi connectivity index (χ4n) is 1.75. The molecule has 1 unspecified atom stereocenters. The molecule has 2 heterocycles. The van der Waals surface area contributed by atoms with Crippen molar-refractivity contribution < 1.29 is 41.3 Å². The molecule has 9 heteroatoms. The molecule has 1 atom stereocenters. The smallest absolute Gasteiger partial charge is 0.748 e. The monoisotopic (exact) mass is 313 g/mol. The Morgan fingerprint density at radius 1 is 1.35 bits per heavy atom. The van der Waals surface area contributed by atoms with Gasteiger partial charge < -0.3 is 19.3 Å². The van der Waals surface area contributed by atoms with E-state index < -0.39 is 10.1 Å². The Hall–Kier alpha value is -0.233. The van der Waals surface area contributed by atoms with Gasteiger partial charge in [0.15, 0.2) is 11.5 Å². The van der Waals surface area contributed by atoms with E-state index in [2.05, 4.69) is 5.32 Å². The number of unbranched alkanes of at least 4 members (excludes halogenated alkanes) is 1. The van der Waals surface area contributed by atoms with Crippen LogP contribution in [-0.4, -0.2) is 44.5 Å². The van der Waals surface area contributed by atoms with Gasteiger partial charge in [-0.05, 0) is 19.4 Å². The van der Waals surface area contributed by atoms with Crippen LogP contribution in [0, 0.1) is 0 Å². The summed E-state index contributed by atoms with van der Waals surface area (Å²) in [6.45, 7) is 1.80. The Labute approximate surface area is 134 Å². The summed E-state index contributed by atoms with van der Waals surface area (Å²) in [7, 11) is -4.08. The van der Waals surface area contributed by atoms with Crippen molar-refractivity contribution in [3.05, 3.63) is 10.8 Å². The third-order valence-corrected chi connectivity index (χ3v) is 4.17. The van der Waals surface area contributed by atoms with Crippen LogP contribution in [0.25, 0.3) is 0 Å². The van der Waals surface area contributed by atoms with E-state index in [0.29, 0.717) is 32.5 Å². The molecule has 2 rings (SSSR count). The molecule has 1 aromatic rings. The Balaban J connectivity index is 0.00000200. The quantitative estimate of drug-likeness (QED) is 0.349. The van der Waals surface area contributed by atoms with Crippen LogP contribution in [0.3, 0.4) is 0 Å². The molecule has 0 fully saturated rings. The van der Waals surface area contributed by atoms with Gasteiger partial charge >= 0.3 is 18.9 Å². The molecule has 0 spiro atoms. The zero-order chi connectivity index (χ0) is 13.7. The van der Waals surface area contributed by atoms with E-state index >= 15 is 0 Å². The van der Waals surface area contributed by atoms with Crippen molar-refractivity contribution in [3.63, 3.8) is 0 Å².